The summed E-state index contributed by atoms with van der Waals surface area (Å²) in [5, 5.41) is 7.14. The molecular formula is C21H20N4O. The molecule has 0 saturated heterocycles. The molecule has 5 nitrogen and oxygen atoms in total. The molecule has 3 aromatic rings. The summed E-state index contributed by atoms with van der Waals surface area (Å²) in [7, 11) is 1.75. The summed E-state index contributed by atoms with van der Waals surface area (Å²) < 4.78 is 1.80. The molecule has 0 aliphatic heterocycles. The van der Waals surface area contributed by atoms with E-state index >= 15 is 0 Å². The van der Waals surface area contributed by atoms with Gasteiger partial charge in [0.05, 0.1) is 25.0 Å². The molecule has 5 heteroatoms. The zero-order valence-electron chi connectivity index (χ0n) is 14.6. The maximum atomic E-state index is 12.2. The van der Waals surface area contributed by atoms with Crippen LogP contribution in [0.5, 0.6) is 0 Å². The first kappa shape index (κ1) is 17.3. The third kappa shape index (κ3) is 4.74. The van der Waals surface area contributed by atoms with Crippen molar-refractivity contribution < 1.29 is 4.79 Å². The molecule has 1 heterocycles. The second-order valence-corrected chi connectivity index (χ2v) is 5.81. The van der Waals surface area contributed by atoms with Gasteiger partial charge in [-0.2, -0.15) is 5.10 Å². The van der Waals surface area contributed by atoms with Crippen molar-refractivity contribution in [1.29, 1.82) is 0 Å². The van der Waals surface area contributed by atoms with E-state index in [0.717, 1.165) is 16.8 Å². The lowest BCUT2D eigenvalue weighted by Gasteiger charge is -2.15. The Labute approximate surface area is 153 Å². The SMILES string of the molecule is CN(Cc1cnn(-c2ccccc2)c1)C(=O)NCC#Cc1ccccc1. The number of aromatic nitrogens is 2. The molecule has 2 amide bonds. The fourth-order valence-corrected chi connectivity index (χ4v) is 2.43. The van der Waals surface area contributed by atoms with E-state index in [2.05, 4.69) is 22.3 Å². The Hall–Kier alpha value is -3.52. The van der Waals surface area contributed by atoms with Gasteiger partial charge >= 0.3 is 6.03 Å². The van der Waals surface area contributed by atoms with Gasteiger partial charge in [0.15, 0.2) is 0 Å². The highest BCUT2D eigenvalue weighted by atomic mass is 16.2. The number of hydrogen-bond acceptors (Lipinski definition) is 2. The maximum Gasteiger partial charge on any atom is 0.318 e. The second kappa shape index (κ2) is 8.54. The molecule has 0 atom stereocenters. The van der Waals surface area contributed by atoms with Gasteiger partial charge in [0.1, 0.15) is 0 Å². The first-order valence-corrected chi connectivity index (χ1v) is 8.34. The van der Waals surface area contributed by atoms with Crippen LogP contribution in [0.1, 0.15) is 11.1 Å². The highest BCUT2D eigenvalue weighted by Crippen LogP contribution is 2.09. The van der Waals surface area contributed by atoms with Crippen molar-refractivity contribution in [2.75, 3.05) is 13.6 Å². The smallest absolute Gasteiger partial charge is 0.318 e. The van der Waals surface area contributed by atoms with Crippen molar-refractivity contribution in [1.82, 2.24) is 20.0 Å². The monoisotopic (exact) mass is 344 g/mol. The summed E-state index contributed by atoms with van der Waals surface area (Å²) in [6.45, 7) is 0.784. The van der Waals surface area contributed by atoms with Crippen LogP contribution >= 0.6 is 0 Å². The first-order valence-electron chi connectivity index (χ1n) is 8.34. The van der Waals surface area contributed by atoms with Crippen molar-refractivity contribution in [3.8, 4) is 17.5 Å². The molecule has 3 rings (SSSR count). The third-order valence-corrected chi connectivity index (χ3v) is 3.76. The van der Waals surface area contributed by atoms with Gasteiger partial charge in [-0.1, -0.05) is 48.2 Å². The van der Waals surface area contributed by atoms with Crippen LogP contribution in [-0.4, -0.2) is 34.3 Å². The van der Waals surface area contributed by atoms with E-state index < -0.39 is 0 Å². The first-order chi connectivity index (χ1) is 12.7. The molecule has 1 N–H and O–H groups in total. The van der Waals surface area contributed by atoms with E-state index in [9.17, 15) is 4.79 Å². The van der Waals surface area contributed by atoms with E-state index in [1.165, 1.54) is 0 Å². The summed E-state index contributed by atoms with van der Waals surface area (Å²) in [6.07, 6.45) is 3.69. The van der Waals surface area contributed by atoms with E-state index in [-0.39, 0.29) is 6.03 Å². The van der Waals surface area contributed by atoms with Gasteiger partial charge in [-0.3, -0.25) is 0 Å². The molecule has 0 radical (unpaired) electrons. The van der Waals surface area contributed by atoms with Crippen LogP contribution in [0.15, 0.2) is 73.1 Å². The Balaban J connectivity index is 1.50. The van der Waals surface area contributed by atoms with E-state index in [1.807, 2.05) is 66.9 Å². The van der Waals surface area contributed by atoms with Gasteiger partial charge < -0.3 is 10.2 Å². The number of benzene rings is 2. The zero-order valence-corrected chi connectivity index (χ0v) is 14.6. The molecule has 2 aromatic carbocycles. The number of para-hydroxylation sites is 1. The summed E-state index contributed by atoms with van der Waals surface area (Å²) in [4.78, 5) is 13.8. The predicted molar refractivity (Wildman–Crippen MR) is 102 cm³/mol. The summed E-state index contributed by atoms with van der Waals surface area (Å²) in [5.41, 5.74) is 2.88. The van der Waals surface area contributed by atoms with Gasteiger partial charge in [-0.25, -0.2) is 9.48 Å². The van der Waals surface area contributed by atoms with Gasteiger partial charge in [0.25, 0.3) is 0 Å². The lowest BCUT2D eigenvalue weighted by molar-refractivity contribution is 0.208. The molecule has 0 spiro atoms. The Bertz CT molecular complexity index is 907. The molecule has 0 fully saturated rings. The van der Waals surface area contributed by atoms with Crippen LogP contribution in [0.2, 0.25) is 0 Å². The summed E-state index contributed by atoms with van der Waals surface area (Å²) in [5.74, 6) is 5.97. The lowest BCUT2D eigenvalue weighted by Crippen LogP contribution is -2.36. The predicted octanol–water partition coefficient (Wildman–Crippen LogP) is 3.07. The van der Waals surface area contributed by atoms with Gasteiger partial charge in [0.2, 0.25) is 0 Å². The number of amides is 2. The number of urea groups is 1. The van der Waals surface area contributed by atoms with Crippen molar-refractivity contribution in [3.05, 3.63) is 84.2 Å². The fourth-order valence-electron chi connectivity index (χ4n) is 2.43. The Morgan fingerprint density at radius 2 is 1.81 bits per heavy atom. The number of nitrogens with one attached hydrogen (secondary N) is 1. The normalized spacial score (nSPS) is 9.88. The molecule has 1 aromatic heterocycles. The summed E-state index contributed by atoms with van der Waals surface area (Å²) in [6, 6.07) is 19.4. The molecular weight excluding hydrogens is 324 g/mol. The average Bonchev–Trinajstić information content (AvgIpc) is 3.15. The second-order valence-electron chi connectivity index (χ2n) is 5.81. The van der Waals surface area contributed by atoms with Crippen LogP contribution in [0.3, 0.4) is 0 Å². The van der Waals surface area contributed by atoms with Gasteiger partial charge in [-0.05, 0) is 24.3 Å². The van der Waals surface area contributed by atoms with Crippen molar-refractivity contribution in [2.24, 2.45) is 0 Å². The maximum absolute atomic E-state index is 12.2. The number of nitrogens with zero attached hydrogens (tertiary/aromatic N) is 3. The number of carbonyl (C=O) groups excluding carboxylic acids is 1. The minimum absolute atomic E-state index is 0.167. The van der Waals surface area contributed by atoms with E-state index in [0.29, 0.717) is 13.1 Å². The van der Waals surface area contributed by atoms with E-state index in [4.69, 9.17) is 0 Å². The van der Waals surface area contributed by atoms with Crippen LogP contribution in [0.25, 0.3) is 5.69 Å². The Kier molecular flexibility index (Phi) is 5.69. The molecule has 0 unspecified atom stereocenters. The van der Waals surface area contributed by atoms with Crippen molar-refractivity contribution >= 4 is 6.03 Å². The lowest BCUT2D eigenvalue weighted by atomic mass is 10.2. The van der Waals surface area contributed by atoms with Gasteiger partial charge in [-0.15, -0.1) is 0 Å². The highest BCUT2D eigenvalue weighted by Gasteiger charge is 2.09. The molecule has 0 aliphatic carbocycles. The Morgan fingerprint density at radius 1 is 1.12 bits per heavy atom. The molecule has 0 saturated carbocycles. The molecule has 0 bridgehead atoms. The number of hydrogen-bond donors (Lipinski definition) is 1. The minimum atomic E-state index is -0.167. The highest BCUT2D eigenvalue weighted by molar-refractivity contribution is 5.74. The molecule has 0 aliphatic rings. The van der Waals surface area contributed by atoms with Crippen molar-refractivity contribution in [2.45, 2.75) is 6.54 Å². The zero-order chi connectivity index (χ0) is 18.2. The summed E-state index contributed by atoms with van der Waals surface area (Å²) >= 11 is 0. The topological polar surface area (TPSA) is 50.2 Å². The molecule has 130 valence electrons. The molecule has 26 heavy (non-hydrogen) atoms. The van der Waals surface area contributed by atoms with Crippen LogP contribution in [-0.2, 0) is 6.54 Å². The minimum Gasteiger partial charge on any atom is -0.327 e. The Morgan fingerprint density at radius 3 is 2.54 bits per heavy atom. The van der Waals surface area contributed by atoms with Crippen LogP contribution in [0, 0.1) is 11.8 Å². The van der Waals surface area contributed by atoms with Gasteiger partial charge in [0, 0.05) is 24.4 Å². The fraction of sp³-hybridized carbons (Fsp3) is 0.143. The largest absolute Gasteiger partial charge is 0.327 e. The number of rotatable bonds is 4. The van der Waals surface area contributed by atoms with Crippen molar-refractivity contribution in [3.63, 3.8) is 0 Å². The average molecular weight is 344 g/mol. The number of carbonyl (C=O) groups is 1. The van der Waals surface area contributed by atoms with E-state index in [1.54, 1.807) is 22.8 Å². The standard InChI is InChI=1S/C21H20N4O/c1-24(21(26)22-14-8-11-18-9-4-2-5-10-18)16-19-15-23-25(17-19)20-12-6-3-7-13-20/h2-7,9-10,12-13,15,17H,14,16H2,1H3,(H,22,26). The van der Waals surface area contributed by atoms with Crippen LogP contribution in [0.4, 0.5) is 4.79 Å². The van der Waals surface area contributed by atoms with Crippen LogP contribution < -0.4 is 5.32 Å². The third-order valence-electron chi connectivity index (χ3n) is 3.76. The quantitative estimate of drug-likeness (QED) is 0.740.